The number of halogens is 1. The fourth-order valence-corrected chi connectivity index (χ4v) is 2.12. The third kappa shape index (κ3) is 3.25. The molecule has 1 atom stereocenters. The number of hydrogen-bond donors (Lipinski definition) is 2. The number of methoxy groups -OCH3 is 1. The zero-order valence-corrected chi connectivity index (χ0v) is 11.5. The summed E-state index contributed by atoms with van der Waals surface area (Å²) in [6.45, 7) is 3.69. The average molecular weight is 283 g/mol. The van der Waals surface area contributed by atoms with Crippen LogP contribution in [0.3, 0.4) is 0 Å². The van der Waals surface area contributed by atoms with Gasteiger partial charge in [-0.15, -0.1) is 0 Å². The van der Waals surface area contributed by atoms with E-state index >= 15 is 0 Å². The van der Waals surface area contributed by atoms with Crippen molar-refractivity contribution in [2.24, 2.45) is 0 Å². The van der Waals surface area contributed by atoms with Crippen LogP contribution in [-0.2, 0) is 4.74 Å². The zero-order valence-electron chi connectivity index (χ0n) is 11.5. The maximum Gasteiger partial charge on any atom is 0.407 e. The number of hydrogen-bond acceptors (Lipinski definition) is 6. The van der Waals surface area contributed by atoms with Crippen LogP contribution in [0.5, 0.6) is 0 Å². The molecule has 0 aromatic carbocycles. The molecule has 20 heavy (non-hydrogen) atoms. The molecule has 1 amide bonds. The van der Waals surface area contributed by atoms with E-state index in [1.807, 2.05) is 6.92 Å². The lowest BCUT2D eigenvalue weighted by Gasteiger charge is -2.18. The van der Waals surface area contributed by atoms with Crippen LogP contribution in [0, 0.1) is 5.82 Å². The van der Waals surface area contributed by atoms with Gasteiger partial charge in [-0.25, -0.2) is 14.2 Å². The molecule has 2 rings (SSSR count). The topological polar surface area (TPSA) is 79.4 Å². The molecule has 0 saturated carbocycles. The van der Waals surface area contributed by atoms with Crippen LogP contribution in [0.4, 0.5) is 21.0 Å². The number of alkyl carbamates (subject to hydrolysis) is 1. The van der Waals surface area contributed by atoms with Crippen LogP contribution in [0.15, 0.2) is 6.20 Å². The molecule has 2 heterocycles. The van der Waals surface area contributed by atoms with Crippen molar-refractivity contribution in [2.45, 2.75) is 19.4 Å². The standard InChI is InChI=1S/C12H18FN5O2/c1-3-14-11-15-6-9(13)10(17-11)18-5-4-8(7-18)16-12(19)20-2/h6,8H,3-5,7H2,1-2H3,(H,16,19)(H,14,15,17). The highest BCUT2D eigenvalue weighted by Crippen LogP contribution is 2.22. The minimum absolute atomic E-state index is 0.0700. The van der Waals surface area contributed by atoms with Gasteiger partial charge >= 0.3 is 6.09 Å². The second-order valence-electron chi connectivity index (χ2n) is 4.46. The number of amides is 1. The highest BCUT2D eigenvalue weighted by molar-refractivity contribution is 5.67. The fraction of sp³-hybridized carbons (Fsp3) is 0.583. The molecular formula is C12H18FN5O2. The number of nitrogens with zero attached hydrogens (tertiary/aromatic N) is 3. The van der Waals surface area contributed by atoms with Crippen molar-refractivity contribution in [2.75, 3.05) is 37.0 Å². The second-order valence-corrected chi connectivity index (χ2v) is 4.46. The van der Waals surface area contributed by atoms with Gasteiger partial charge in [0.25, 0.3) is 0 Å². The van der Waals surface area contributed by atoms with Crippen LogP contribution in [0.2, 0.25) is 0 Å². The van der Waals surface area contributed by atoms with E-state index in [4.69, 9.17) is 0 Å². The molecule has 2 N–H and O–H groups in total. The predicted octanol–water partition coefficient (Wildman–Crippen LogP) is 0.982. The van der Waals surface area contributed by atoms with Gasteiger partial charge in [0.15, 0.2) is 11.6 Å². The van der Waals surface area contributed by atoms with Crippen LogP contribution in [0.1, 0.15) is 13.3 Å². The lowest BCUT2D eigenvalue weighted by atomic mass is 10.3. The molecule has 7 nitrogen and oxygen atoms in total. The van der Waals surface area contributed by atoms with E-state index in [2.05, 4.69) is 25.3 Å². The molecule has 1 aromatic heterocycles. The molecule has 0 bridgehead atoms. The molecular weight excluding hydrogens is 265 g/mol. The van der Waals surface area contributed by atoms with Crippen LogP contribution >= 0.6 is 0 Å². The summed E-state index contributed by atoms with van der Waals surface area (Å²) < 4.78 is 18.4. The maximum absolute atomic E-state index is 13.8. The van der Waals surface area contributed by atoms with Crippen molar-refractivity contribution in [1.82, 2.24) is 15.3 Å². The molecule has 1 aliphatic heterocycles. The highest BCUT2D eigenvalue weighted by Gasteiger charge is 2.27. The fourth-order valence-electron chi connectivity index (χ4n) is 2.12. The summed E-state index contributed by atoms with van der Waals surface area (Å²) in [5, 5.41) is 5.65. The highest BCUT2D eigenvalue weighted by atomic mass is 19.1. The van der Waals surface area contributed by atoms with Crippen molar-refractivity contribution >= 4 is 17.9 Å². The van der Waals surface area contributed by atoms with E-state index in [1.54, 1.807) is 4.90 Å². The third-order valence-electron chi connectivity index (χ3n) is 3.06. The summed E-state index contributed by atoms with van der Waals surface area (Å²) in [6, 6.07) is -0.0700. The molecule has 0 radical (unpaired) electrons. The average Bonchev–Trinajstić information content (AvgIpc) is 2.89. The lowest BCUT2D eigenvalue weighted by molar-refractivity contribution is 0.167. The summed E-state index contributed by atoms with van der Waals surface area (Å²) >= 11 is 0. The SMILES string of the molecule is CCNc1ncc(F)c(N2CCC(NC(=O)OC)C2)n1. The Labute approximate surface area is 116 Å². The minimum Gasteiger partial charge on any atom is -0.453 e. The van der Waals surface area contributed by atoms with Gasteiger partial charge in [-0.3, -0.25) is 0 Å². The van der Waals surface area contributed by atoms with E-state index < -0.39 is 11.9 Å². The Hall–Kier alpha value is -2.12. The first-order chi connectivity index (χ1) is 9.63. The number of aromatic nitrogens is 2. The van der Waals surface area contributed by atoms with Gasteiger partial charge in [0.1, 0.15) is 0 Å². The Morgan fingerprint density at radius 1 is 1.65 bits per heavy atom. The first-order valence-corrected chi connectivity index (χ1v) is 6.50. The summed E-state index contributed by atoms with van der Waals surface area (Å²) in [7, 11) is 1.31. The minimum atomic E-state index is -0.478. The molecule has 110 valence electrons. The van der Waals surface area contributed by atoms with Crippen molar-refractivity contribution < 1.29 is 13.9 Å². The van der Waals surface area contributed by atoms with Crippen molar-refractivity contribution in [1.29, 1.82) is 0 Å². The smallest absolute Gasteiger partial charge is 0.407 e. The first kappa shape index (κ1) is 14.3. The van der Waals surface area contributed by atoms with E-state index in [0.29, 0.717) is 25.6 Å². The molecule has 8 heteroatoms. The summed E-state index contributed by atoms with van der Waals surface area (Å²) in [5.74, 6) is 0.184. The molecule has 1 aromatic rings. The van der Waals surface area contributed by atoms with Gasteiger partial charge in [0.05, 0.1) is 19.3 Å². The Morgan fingerprint density at radius 3 is 3.15 bits per heavy atom. The summed E-state index contributed by atoms with van der Waals surface area (Å²) in [4.78, 5) is 21.0. The molecule has 1 saturated heterocycles. The first-order valence-electron chi connectivity index (χ1n) is 6.50. The van der Waals surface area contributed by atoms with Gasteiger partial charge in [0, 0.05) is 19.6 Å². The second kappa shape index (κ2) is 6.36. The monoisotopic (exact) mass is 283 g/mol. The number of carbonyl (C=O) groups excluding carboxylic acids is 1. The Kier molecular flexibility index (Phi) is 4.54. The van der Waals surface area contributed by atoms with Crippen LogP contribution < -0.4 is 15.5 Å². The summed E-state index contributed by atoms with van der Waals surface area (Å²) in [6.07, 6.45) is 1.39. The van der Waals surface area contributed by atoms with Crippen molar-refractivity contribution in [3.63, 3.8) is 0 Å². The summed E-state index contributed by atoms with van der Waals surface area (Å²) in [5.41, 5.74) is 0. The largest absolute Gasteiger partial charge is 0.453 e. The van der Waals surface area contributed by atoms with Crippen molar-refractivity contribution in [3.8, 4) is 0 Å². The van der Waals surface area contributed by atoms with Gasteiger partial charge in [0.2, 0.25) is 5.95 Å². The maximum atomic E-state index is 13.8. The normalized spacial score (nSPS) is 17.9. The number of nitrogens with one attached hydrogen (secondary N) is 2. The molecule has 1 aliphatic rings. The number of anilines is 2. The van der Waals surface area contributed by atoms with Gasteiger partial charge in [-0.2, -0.15) is 4.98 Å². The number of ether oxygens (including phenoxy) is 1. The van der Waals surface area contributed by atoms with Crippen LogP contribution in [-0.4, -0.2) is 48.8 Å². The molecule has 0 aliphatic carbocycles. The van der Waals surface area contributed by atoms with Crippen LogP contribution in [0.25, 0.3) is 0 Å². The number of carbonyl (C=O) groups is 1. The van der Waals surface area contributed by atoms with Gasteiger partial charge < -0.3 is 20.3 Å². The molecule has 1 unspecified atom stereocenters. The quantitative estimate of drug-likeness (QED) is 0.857. The van der Waals surface area contributed by atoms with E-state index in [9.17, 15) is 9.18 Å². The Morgan fingerprint density at radius 2 is 2.45 bits per heavy atom. The van der Waals surface area contributed by atoms with E-state index in [1.165, 1.54) is 7.11 Å². The number of rotatable bonds is 4. The Balaban J connectivity index is 2.05. The molecule has 1 fully saturated rings. The zero-order chi connectivity index (χ0) is 14.5. The van der Waals surface area contributed by atoms with Gasteiger partial charge in [-0.1, -0.05) is 0 Å². The lowest BCUT2D eigenvalue weighted by Crippen LogP contribution is -2.37. The molecule has 0 spiro atoms. The predicted molar refractivity (Wildman–Crippen MR) is 72.3 cm³/mol. The van der Waals surface area contributed by atoms with E-state index in [-0.39, 0.29) is 11.9 Å². The van der Waals surface area contributed by atoms with E-state index in [0.717, 1.165) is 12.6 Å². The Bertz CT molecular complexity index is 485. The van der Waals surface area contributed by atoms with Gasteiger partial charge in [-0.05, 0) is 13.3 Å². The third-order valence-corrected chi connectivity index (χ3v) is 3.06. The van der Waals surface area contributed by atoms with Crippen molar-refractivity contribution in [3.05, 3.63) is 12.0 Å².